The summed E-state index contributed by atoms with van der Waals surface area (Å²) in [7, 11) is 1.68. The molecule has 0 saturated carbocycles. The van der Waals surface area contributed by atoms with E-state index in [2.05, 4.69) is 20.6 Å². The highest BCUT2D eigenvalue weighted by molar-refractivity contribution is 5.85. The highest BCUT2D eigenvalue weighted by Crippen LogP contribution is 2.12. The summed E-state index contributed by atoms with van der Waals surface area (Å²) in [6.45, 7) is 0. The number of aromatic nitrogens is 4. The van der Waals surface area contributed by atoms with Crippen molar-refractivity contribution >= 4 is 11.9 Å². The minimum absolute atomic E-state index is 0.0457. The second kappa shape index (κ2) is 5.34. The Labute approximate surface area is 108 Å². The number of nitrogens with zero attached hydrogens (tertiary/aromatic N) is 3. The maximum Gasteiger partial charge on any atom is 0.331 e. The third-order valence-corrected chi connectivity index (χ3v) is 2.52. The van der Waals surface area contributed by atoms with Crippen LogP contribution < -0.4 is 5.32 Å². The largest absolute Gasteiger partial charge is 0.479 e. The molecule has 0 aliphatic heterocycles. The molecule has 8 heteroatoms. The van der Waals surface area contributed by atoms with Gasteiger partial charge in [-0.1, -0.05) is 0 Å². The minimum Gasteiger partial charge on any atom is -0.479 e. The fourth-order valence-corrected chi connectivity index (χ4v) is 1.64. The van der Waals surface area contributed by atoms with Crippen molar-refractivity contribution in [2.75, 3.05) is 0 Å². The number of carboxylic acid groups (broad SMARTS) is 1. The van der Waals surface area contributed by atoms with Crippen molar-refractivity contribution in [3.05, 3.63) is 35.9 Å². The van der Waals surface area contributed by atoms with E-state index in [1.807, 2.05) is 0 Å². The van der Waals surface area contributed by atoms with Gasteiger partial charge in [-0.2, -0.15) is 10.2 Å². The van der Waals surface area contributed by atoms with Crippen molar-refractivity contribution in [3.63, 3.8) is 0 Å². The van der Waals surface area contributed by atoms with Gasteiger partial charge >= 0.3 is 5.97 Å². The first-order valence-corrected chi connectivity index (χ1v) is 5.55. The van der Waals surface area contributed by atoms with Crippen LogP contribution in [0, 0.1) is 0 Å². The Morgan fingerprint density at radius 2 is 2.37 bits per heavy atom. The minimum atomic E-state index is -1.13. The standard InChI is InChI=1S/C11H13N5O3/c1-16-6-7(5-13-16)10(11(18)19)14-9(17)4-8-2-3-12-15-8/h2-3,5-6,10H,4H2,1H3,(H,12,15)(H,14,17)(H,18,19). The average Bonchev–Trinajstić information content (AvgIpc) is 2.97. The zero-order valence-electron chi connectivity index (χ0n) is 10.2. The molecule has 3 N–H and O–H groups in total. The van der Waals surface area contributed by atoms with E-state index in [0.29, 0.717) is 11.3 Å². The van der Waals surface area contributed by atoms with Crippen LogP contribution in [-0.4, -0.2) is 37.0 Å². The number of nitrogens with one attached hydrogen (secondary N) is 2. The van der Waals surface area contributed by atoms with Gasteiger partial charge in [0.2, 0.25) is 5.91 Å². The predicted molar refractivity (Wildman–Crippen MR) is 64.0 cm³/mol. The Kier molecular flexibility index (Phi) is 3.60. The van der Waals surface area contributed by atoms with Crippen LogP contribution in [0.3, 0.4) is 0 Å². The third kappa shape index (κ3) is 3.18. The van der Waals surface area contributed by atoms with Crippen molar-refractivity contribution in [1.29, 1.82) is 0 Å². The van der Waals surface area contributed by atoms with E-state index in [1.54, 1.807) is 19.3 Å². The molecule has 19 heavy (non-hydrogen) atoms. The number of carbonyl (C=O) groups is 2. The van der Waals surface area contributed by atoms with Gasteiger partial charge in [0.25, 0.3) is 0 Å². The molecule has 2 heterocycles. The molecule has 2 rings (SSSR count). The number of rotatable bonds is 5. The quantitative estimate of drug-likeness (QED) is 0.681. The molecule has 0 aliphatic carbocycles. The fourth-order valence-electron chi connectivity index (χ4n) is 1.64. The third-order valence-electron chi connectivity index (χ3n) is 2.52. The zero-order chi connectivity index (χ0) is 13.8. The number of aromatic amines is 1. The van der Waals surface area contributed by atoms with Crippen LogP contribution in [0.1, 0.15) is 17.3 Å². The second-order valence-corrected chi connectivity index (χ2v) is 4.04. The molecule has 0 bridgehead atoms. The molecule has 0 fully saturated rings. The SMILES string of the molecule is Cn1cc(C(NC(=O)Cc2ccn[nH]2)C(=O)O)cn1. The summed E-state index contributed by atoms with van der Waals surface area (Å²) in [4.78, 5) is 22.9. The summed E-state index contributed by atoms with van der Waals surface area (Å²) in [6, 6.07) is 0.545. The number of carboxylic acids is 1. The Balaban J connectivity index is 2.05. The highest BCUT2D eigenvalue weighted by atomic mass is 16.4. The summed E-state index contributed by atoms with van der Waals surface area (Å²) in [5.74, 6) is -1.54. The lowest BCUT2D eigenvalue weighted by atomic mass is 10.1. The summed E-state index contributed by atoms with van der Waals surface area (Å²) in [5.41, 5.74) is 1.04. The van der Waals surface area contributed by atoms with Gasteiger partial charge in [-0.15, -0.1) is 0 Å². The first-order valence-electron chi connectivity index (χ1n) is 5.55. The van der Waals surface area contributed by atoms with Crippen LogP contribution >= 0.6 is 0 Å². The number of hydrogen-bond donors (Lipinski definition) is 3. The molecule has 8 nitrogen and oxygen atoms in total. The molecule has 1 unspecified atom stereocenters. The first-order chi connectivity index (χ1) is 9.06. The maximum atomic E-state index is 11.8. The number of aryl methyl sites for hydroxylation is 1. The predicted octanol–water partition coefficient (Wildman–Crippen LogP) is -0.372. The van der Waals surface area contributed by atoms with E-state index in [1.165, 1.54) is 17.1 Å². The van der Waals surface area contributed by atoms with Gasteiger partial charge in [0.15, 0.2) is 6.04 Å². The monoisotopic (exact) mass is 263 g/mol. The van der Waals surface area contributed by atoms with Gasteiger partial charge in [-0.05, 0) is 6.07 Å². The van der Waals surface area contributed by atoms with Crippen LogP contribution in [0.5, 0.6) is 0 Å². The summed E-state index contributed by atoms with van der Waals surface area (Å²) in [5, 5.41) is 21.8. The van der Waals surface area contributed by atoms with E-state index in [-0.39, 0.29) is 6.42 Å². The number of H-pyrrole nitrogens is 1. The van der Waals surface area contributed by atoms with E-state index < -0.39 is 17.9 Å². The summed E-state index contributed by atoms with van der Waals surface area (Å²) in [6.07, 6.45) is 4.53. The topological polar surface area (TPSA) is 113 Å². The van der Waals surface area contributed by atoms with Gasteiger partial charge in [0.05, 0.1) is 12.6 Å². The second-order valence-electron chi connectivity index (χ2n) is 4.04. The lowest BCUT2D eigenvalue weighted by Gasteiger charge is -2.12. The van der Waals surface area contributed by atoms with E-state index in [4.69, 9.17) is 5.11 Å². The molecule has 0 saturated heterocycles. The van der Waals surface area contributed by atoms with Crippen LogP contribution in [0.15, 0.2) is 24.7 Å². The number of hydrogen-bond acceptors (Lipinski definition) is 4. The molecule has 0 aliphatic rings. The van der Waals surface area contributed by atoms with E-state index in [9.17, 15) is 9.59 Å². The zero-order valence-corrected chi connectivity index (χ0v) is 10.2. The molecule has 100 valence electrons. The highest BCUT2D eigenvalue weighted by Gasteiger charge is 2.23. The Morgan fingerprint density at radius 1 is 1.58 bits per heavy atom. The average molecular weight is 263 g/mol. The Hall–Kier alpha value is -2.64. The molecule has 0 radical (unpaired) electrons. The van der Waals surface area contributed by atoms with Crippen LogP contribution in [0.4, 0.5) is 0 Å². The molecule has 1 amide bonds. The maximum absolute atomic E-state index is 11.8. The summed E-state index contributed by atoms with van der Waals surface area (Å²) < 4.78 is 1.48. The number of amides is 1. The van der Waals surface area contributed by atoms with Gasteiger partial charge in [0, 0.05) is 30.7 Å². The Bertz CT molecular complexity index is 575. The van der Waals surface area contributed by atoms with Gasteiger partial charge in [-0.25, -0.2) is 4.79 Å². The smallest absolute Gasteiger partial charge is 0.331 e. The lowest BCUT2D eigenvalue weighted by Crippen LogP contribution is -2.34. The molecule has 2 aromatic rings. The molecular formula is C11H13N5O3. The fraction of sp³-hybridized carbons (Fsp3) is 0.273. The van der Waals surface area contributed by atoms with E-state index in [0.717, 1.165) is 0 Å². The van der Waals surface area contributed by atoms with Crippen molar-refractivity contribution < 1.29 is 14.7 Å². The van der Waals surface area contributed by atoms with Gasteiger partial charge in [-0.3, -0.25) is 14.6 Å². The van der Waals surface area contributed by atoms with Crippen LogP contribution in [0.2, 0.25) is 0 Å². The number of aliphatic carboxylic acids is 1. The van der Waals surface area contributed by atoms with Crippen LogP contribution in [-0.2, 0) is 23.1 Å². The van der Waals surface area contributed by atoms with Crippen molar-refractivity contribution in [3.8, 4) is 0 Å². The normalized spacial score (nSPS) is 12.1. The summed E-state index contributed by atoms with van der Waals surface area (Å²) >= 11 is 0. The van der Waals surface area contributed by atoms with Crippen molar-refractivity contribution in [2.24, 2.45) is 7.05 Å². The molecule has 1 atom stereocenters. The van der Waals surface area contributed by atoms with Crippen molar-refractivity contribution in [2.45, 2.75) is 12.5 Å². The van der Waals surface area contributed by atoms with Gasteiger partial charge in [0.1, 0.15) is 0 Å². The Morgan fingerprint density at radius 3 is 2.89 bits per heavy atom. The first kappa shape index (κ1) is 12.8. The van der Waals surface area contributed by atoms with Crippen molar-refractivity contribution in [1.82, 2.24) is 25.3 Å². The number of carbonyl (C=O) groups excluding carboxylic acids is 1. The van der Waals surface area contributed by atoms with Crippen LogP contribution in [0.25, 0.3) is 0 Å². The molecular weight excluding hydrogens is 250 g/mol. The van der Waals surface area contributed by atoms with E-state index >= 15 is 0 Å². The van der Waals surface area contributed by atoms with Gasteiger partial charge < -0.3 is 10.4 Å². The molecule has 2 aromatic heterocycles. The molecule has 0 spiro atoms. The molecule has 0 aromatic carbocycles. The lowest BCUT2D eigenvalue weighted by molar-refractivity contribution is -0.142.